The van der Waals surface area contributed by atoms with Crippen molar-refractivity contribution in [2.75, 3.05) is 38.3 Å². The Balaban J connectivity index is 1.59. The van der Waals surface area contributed by atoms with Gasteiger partial charge in [0.1, 0.15) is 5.82 Å². The number of unbranched alkanes of at least 4 members (excludes halogenated alkanes) is 1. The van der Waals surface area contributed by atoms with Crippen molar-refractivity contribution in [3.05, 3.63) is 56.5 Å². The molecule has 4 rings (SSSR count). The number of aryl methyl sites for hydroxylation is 2. The van der Waals surface area contributed by atoms with E-state index in [4.69, 9.17) is 9.72 Å². The van der Waals surface area contributed by atoms with Crippen LogP contribution in [-0.4, -0.2) is 57.4 Å². The summed E-state index contributed by atoms with van der Waals surface area (Å²) in [7, 11) is 3.88. The van der Waals surface area contributed by atoms with E-state index in [0.717, 1.165) is 51.5 Å². The molecule has 0 amide bonds. The van der Waals surface area contributed by atoms with Gasteiger partial charge in [-0.1, -0.05) is 31.5 Å². The number of nitrogens with zero attached hydrogens (tertiary/aromatic N) is 5. The molecule has 1 aromatic carbocycles. The van der Waals surface area contributed by atoms with E-state index in [-0.39, 0.29) is 5.56 Å². The first-order valence-corrected chi connectivity index (χ1v) is 11.3. The molecule has 2 aromatic heterocycles. The van der Waals surface area contributed by atoms with Crippen molar-refractivity contribution < 1.29 is 4.74 Å². The highest BCUT2D eigenvalue weighted by Gasteiger charge is 2.19. The first kappa shape index (κ1) is 22.3. The van der Waals surface area contributed by atoms with Gasteiger partial charge in [0.05, 0.1) is 19.8 Å². The molecule has 0 bridgehead atoms. The van der Waals surface area contributed by atoms with Crippen LogP contribution in [0.15, 0.2) is 33.9 Å². The number of aromatic nitrogens is 4. The lowest BCUT2D eigenvalue weighted by Crippen LogP contribution is -2.37. The van der Waals surface area contributed by atoms with Crippen LogP contribution in [0.5, 0.6) is 0 Å². The molecule has 172 valence electrons. The standard InChI is InChI=1S/C23H32N6O3/c1-4-5-10-29-21-20(22(30)25-23(29)31)27(3)19(24-21)16-26(2)15-17-8-6-7-9-18(17)28-11-13-32-14-12-28/h6-9H,4-5,10-16H2,1-3H3,(H,25,30,31). The van der Waals surface area contributed by atoms with Crippen molar-refractivity contribution in [3.8, 4) is 0 Å². The van der Waals surface area contributed by atoms with E-state index in [9.17, 15) is 9.59 Å². The fourth-order valence-electron chi connectivity index (χ4n) is 4.30. The molecule has 1 saturated heterocycles. The monoisotopic (exact) mass is 440 g/mol. The number of hydrogen-bond acceptors (Lipinski definition) is 6. The number of anilines is 1. The fraction of sp³-hybridized carbons (Fsp3) is 0.522. The van der Waals surface area contributed by atoms with Crippen LogP contribution in [0.2, 0.25) is 0 Å². The number of fused-ring (bicyclic) bond motifs is 1. The van der Waals surface area contributed by atoms with Crippen LogP contribution in [0.1, 0.15) is 31.2 Å². The Labute approximate surface area is 187 Å². The first-order chi connectivity index (χ1) is 15.5. The molecule has 0 spiro atoms. The van der Waals surface area contributed by atoms with Crippen LogP contribution in [0.25, 0.3) is 11.2 Å². The summed E-state index contributed by atoms with van der Waals surface area (Å²) in [5.74, 6) is 0.757. The highest BCUT2D eigenvalue weighted by Crippen LogP contribution is 2.23. The van der Waals surface area contributed by atoms with Crippen molar-refractivity contribution in [1.29, 1.82) is 0 Å². The quantitative estimate of drug-likeness (QED) is 0.574. The molecule has 1 fully saturated rings. The number of nitrogens with one attached hydrogen (secondary N) is 1. The van der Waals surface area contributed by atoms with Gasteiger partial charge in [-0.2, -0.15) is 0 Å². The number of aromatic amines is 1. The largest absolute Gasteiger partial charge is 0.378 e. The summed E-state index contributed by atoms with van der Waals surface area (Å²) >= 11 is 0. The summed E-state index contributed by atoms with van der Waals surface area (Å²) in [6.07, 6.45) is 1.81. The number of ether oxygens (including phenoxy) is 1. The number of H-pyrrole nitrogens is 1. The third-order valence-corrected chi connectivity index (χ3v) is 6.04. The lowest BCUT2D eigenvalue weighted by atomic mass is 10.1. The number of benzene rings is 1. The predicted octanol–water partition coefficient (Wildman–Crippen LogP) is 1.69. The minimum atomic E-state index is -0.395. The van der Waals surface area contributed by atoms with Gasteiger partial charge in [-0.3, -0.25) is 19.2 Å². The number of para-hydroxylation sites is 1. The summed E-state index contributed by atoms with van der Waals surface area (Å²) in [6, 6.07) is 8.45. The van der Waals surface area contributed by atoms with Crippen LogP contribution in [-0.2, 0) is 31.4 Å². The molecule has 0 aliphatic carbocycles. The number of hydrogen-bond donors (Lipinski definition) is 1. The van der Waals surface area contributed by atoms with Crippen molar-refractivity contribution in [3.63, 3.8) is 0 Å². The highest BCUT2D eigenvalue weighted by atomic mass is 16.5. The second-order valence-electron chi connectivity index (χ2n) is 8.42. The van der Waals surface area contributed by atoms with Crippen molar-refractivity contribution in [2.24, 2.45) is 7.05 Å². The van der Waals surface area contributed by atoms with E-state index in [1.54, 1.807) is 9.13 Å². The van der Waals surface area contributed by atoms with Gasteiger partial charge in [0.15, 0.2) is 11.2 Å². The minimum Gasteiger partial charge on any atom is -0.378 e. The molecular formula is C23H32N6O3. The predicted molar refractivity (Wildman–Crippen MR) is 125 cm³/mol. The zero-order chi connectivity index (χ0) is 22.7. The van der Waals surface area contributed by atoms with Gasteiger partial charge in [0, 0.05) is 38.9 Å². The van der Waals surface area contributed by atoms with Gasteiger partial charge in [-0.15, -0.1) is 0 Å². The number of imidazole rings is 1. The molecule has 0 atom stereocenters. The summed E-state index contributed by atoms with van der Waals surface area (Å²) in [5.41, 5.74) is 2.60. The van der Waals surface area contributed by atoms with Gasteiger partial charge >= 0.3 is 5.69 Å². The zero-order valence-corrected chi connectivity index (χ0v) is 19.1. The fourth-order valence-corrected chi connectivity index (χ4v) is 4.30. The molecule has 1 aliphatic rings. The van der Waals surface area contributed by atoms with Crippen molar-refractivity contribution >= 4 is 16.9 Å². The lowest BCUT2D eigenvalue weighted by Gasteiger charge is -2.31. The molecule has 32 heavy (non-hydrogen) atoms. The first-order valence-electron chi connectivity index (χ1n) is 11.3. The Morgan fingerprint density at radius 2 is 1.91 bits per heavy atom. The van der Waals surface area contributed by atoms with Crippen LogP contribution in [0.4, 0.5) is 5.69 Å². The summed E-state index contributed by atoms with van der Waals surface area (Å²) in [4.78, 5) is 36.6. The van der Waals surface area contributed by atoms with Crippen molar-refractivity contribution in [1.82, 2.24) is 24.0 Å². The molecule has 1 N–H and O–H groups in total. The van der Waals surface area contributed by atoms with Gasteiger partial charge in [0.25, 0.3) is 5.56 Å². The lowest BCUT2D eigenvalue weighted by molar-refractivity contribution is 0.122. The minimum absolute atomic E-state index is 0.390. The molecule has 1 aliphatic heterocycles. The van der Waals surface area contributed by atoms with Gasteiger partial charge in [0.2, 0.25) is 0 Å². The molecule has 3 heterocycles. The summed E-state index contributed by atoms with van der Waals surface area (Å²) in [6.45, 7) is 7.20. The molecule has 0 unspecified atom stereocenters. The Morgan fingerprint density at radius 1 is 1.16 bits per heavy atom. The molecule has 9 nitrogen and oxygen atoms in total. The highest BCUT2D eigenvalue weighted by molar-refractivity contribution is 5.70. The molecule has 0 saturated carbocycles. The van der Waals surface area contributed by atoms with Crippen LogP contribution in [0, 0.1) is 0 Å². The van der Waals surface area contributed by atoms with Crippen molar-refractivity contribution in [2.45, 2.75) is 39.4 Å². The Bertz CT molecular complexity index is 1190. The van der Waals surface area contributed by atoms with Gasteiger partial charge < -0.3 is 14.2 Å². The van der Waals surface area contributed by atoms with Gasteiger partial charge in [-0.05, 0) is 25.1 Å². The maximum atomic E-state index is 12.5. The third-order valence-electron chi connectivity index (χ3n) is 6.04. The van der Waals surface area contributed by atoms with E-state index < -0.39 is 5.69 Å². The maximum Gasteiger partial charge on any atom is 0.330 e. The second kappa shape index (κ2) is 9.70. The number of rotatable bonds is 8. The van der Waals surface area contributed by atoms with Crippen LogP contribution in [0.3, 0.4) is 0 Å². The molecule has 3 aromatic rings. The summed E-state index contributed by atoms with van der Waals surface area (Å²) < 4.78 is 8.89. The average molecular weight is 441 g/mol. The Hall–Kier alpha value is -2.91. The average Bonchev–Trinajstić information content (AvgIpc) is 3.10. The second-order valence-corrected chi connectivity index (χ2v) is 8.42. The Kier molecular flexibility index (Phi) is 6.76. The normalized spacial score (nSPS) is 14.6. The molecule has 0 radical (unpaired) electrons. The van der Waals surface area contributed by atoms with Crippen LogP contribution >= 0.6 is 0 Å². The van der Waals surface area contributed by atoms with Gasteiger partial charge in [-0.25, -0.2) is 9.78 Å². The van der Waals surface area contributed by atoms with Crippen LogP contribution < -0.4 is 16.1 Å². The third kappa shape index (κ3) is 4.49. The van der Waals surface area contributed by atoms with E-state index in [2.05, 4.69) is 46.0 Å². The topological polar surface area (TPSA) is 88.4 Å². The van der Waals surface area contributed by atoms with E-state index in [0.29, 0.717) is 24.3 Å². The summed E-state index contributed by atoms with van der Waals surface area (Å²) in [5, 5.41) is 0. The van der Waals surface area contributed by atoms with E-state index in [1.807, 2.05) is 14.1 Å². The molecule has 9 heteroatoms. The molecular weight excluding hydrogens is 408 g/mol. The smallest absolute Gasteiger partial charge is 0.330 e. The SMILES string of the molecule is CCCCn1c(=O)[nH]c(=O)c2c1nc(CN(C)Cc1ccccc1N1CCOCC1)n2C. The van der Waals surface area contributed by atoms with E-state index in [1.165, 1.54) is 11.3 Å². The zero-order valence-electron chi connectivity index (χ0n) is 19.1. The van der Waals surface area contributed by atoms with E-state index >= 15 is 0 Å². The Morgan fingerprint density at radius 3 is 2.66 bits per heavy atom. The maximum absolute atomic E-state index is 12.5. The number of morpholine rings is 1.